The monoisotopic (exact) mass is 304 g/mol. The molecule has 1 heterocycles. The molecule has 0 fully saturated rings. The van der Waals surface area contributed by atoms with Crippen LogP contribution in [0.3, 0.4) is 0 Å². The van der Waals surface area contributed by atoms with Gasteiger partial charge in [0.1, 0.15) is 0 Å². The lowest BCUT2D eigenvalue weighted by Crippen LogP contribution is -2.19. The summed E-state index contributed by atoms with van der Waals surface area (Å²) < 4.78 is 0. The Kier molecular flexibility index (Phi) is 5.14. The van der Waals surface area contributed by atoms with Crippen molar-refractivity contribution in [1.29, 1.82) is 0 Å². The second kappa shape index (κ2) is 7.06. The van der Waals surface area contributed by atoms with E-state index in [9.17, 15) is 0 Å². The zero-order valence-electron chi connectivity index (χ0n) is 11.6. The van der Waals surface area contributed by atoms with Gasteiger partial charge >= 0.3 is 0 Å². The molecule has 2 aromatic rings. The summed E-state index contributed by atoms with van der Waals surface area (Å²) in [6, 6.07) is 11.2. The summed E-state index contributed by atoms with van der Waals surface area (Å²) in [4.78, 5) is 4.31. The highest BCUT2D eigenvalue weighted by atomic mass is 35.5. The Hall–Kier alpha value is -2.11. The lowest BCUT2D eigenvalue weighted by Gasteiger charge is -2.14. The van der Waals surface area contributed by atoms with E-state index >= 15 is 0 Å². The second-order valence-corrected chi connectivity index (χ2v) is 5.06. The molecule has 0 saturated heterocycles. The van der Waals surface area contributed by atoms with E-state index in [1.54, 1.807) is 18.3 Å². The summed E-state index contributed by atoms with van der Waals surface area (Å²) in [6.45, 7) is 2.65. The number of oxime groups is 1. The molecule has 4 N–H and O–H groups in total. The lowest BCUT2D eigenvalue weighted by atomic mass is 10.1. The predicted octanol–water partition coefficient (Wildman–Crippen LogP) is 2.68. The lowest BCUT2D eigenvalue weighted by molar-refractivity contribution is 0.318. The fourth-order valence-electron chi connectivity index (χ4n) is 1.91. The molecule has 6 heteroatoms. The molecule has 0 spiro atoms. The van der Waals surface area contributed by atoms with Crippen LogP contribution in [0.25, 0.3) is 0 Å². The molecule has 110 valence electrons. The molecule has 0 aliphatic rings. The highest BCUT2D eigenvalue weighted by molar-refractivity contribution is 6.31. The minimum absolute atomic E-state index is 0.0401. The van der Waals surface area contributed by atoms with Crippen LogP contribution in [-0.2, 0) is 6.54 Å². The zero-order chi connectivity index (χ0) is 15.2. The van der Waals surface area contributed by atoms with Gasteiger partial charge in [0.05, 0.1) is 5.69 Å². The van der Waals surface area contributed by atoms with Crippen LogP contribution in [0, 0.1) is 0 Å². The Labute approximate surface area is 128 Å². The number of hydrogen-bond donors (Lipinski definition) is 3. The van der Waals surface area contributed by atoms with E-state index in [2.05, 4.69) is 15.5 Å². The van der Waals surface area contributed by atoms with E-state index in [0.717, 1.165) is 11.3 Å². The number of aromatic nitrogens is 1. The van der Waals surface area contributed by atoms with E-state index in [4.69, 9.17) is 22.5 Å². The summed E-state index contributed by atoms with van der Waals surface area (Å²) in [5.74, 6) is 0.0401. The molecule has 0 bridgehead atoms. The van der Waals surface area contributed by atoms with Gasteiger partial charge in [0.25, 0.3) is 0 Å². The maximum atomic E-state index is 8.65. The van der Waals surface area contributed by atoms with Gasteiger partial charge in [-0.3, -0.25) is 4.98 Å². The summed E-state index contributed by atoms with van der Waals surface area (Å²) >= 11 is 6.21. The Morgan fingerprint density at radius 1 is 1.43 bits per heavy atom. The Balaban J connectivity index is 2.04. The number of rotatable bonds is 5. The van der Waals surface area contributed by atoms with Crippen molar-refractivity contribution in [3.63, 3.8) is 0 Å². The molecular weight excluding hydrogens is 288 g/mol. The topological polar surface area (TPSA) is 83.5 Å². The number of amidine groups is 1. The first-order valence-electron chi connectivity index (χ1n) is 6.52. The van der Waals surface area contributed by atoms with Crippen LogP contribution in [0.15, 0.2) is 47.8 Å². The van der Waals surface area contributed by atoms with Crippen LogP contribution in [-0.4, -0.2) is 16.0 Å². The maximum Gasteiger partial charge on any atom is 0.170 e. The summed E-state index contributed by atoms with van der Waals surface area (Å²) in [7, 11) is 0. The normalized spacial score (nSPS) is 13.1. The van der Waals surface area contributed by atoms with Crippen molar-refractivity contribution in [2.24, 2.45) is 10.9 Å². The Morgan fingerprint density at radius 3 is 2.86 bits per heavy atom. The minimum Gasteiger partial charge on any atom is -0.409 e. The van der Waals surface area contributed by atoms with Crippen LogP contribution < -0.4 is 11.1 Å². The number of nitrogens with one attached hydrogen (secondary N) is 1. The van der Waals surface area contributed by atoms with Crippen molar-refractivity contribution < 1.29 is 5.21 Å². The highest BCUT2D eigenvalue weighted by Crippen LogP contribution is 2.19. The molecule has 1 aromatic carbocycles. The Morgan fingerprint density at radius 2 is 2.24 bits per heavy atom. The van der Waals surface area contributed by atoms with Crippen molar-refractivity contribution in [2.75, 3.05) is 0 Å². The van der Waals surface area contributed by atoms with Gasteiger partial charge in [-0.25, -0.2) is 0 Å². The fraction of sp³-hybridized carbons (Fsp3) is 0.200. The van der Waals surface area contributed by atoms with Crippen LogP contribution >= 0.6 is 11.6 Å². The summed E-state index contributed by atoms with van der Waals surface area (Å²) in [5.41, 5.74) is 8.03. The SMILES string of the molecule is C[C@H](NCc1ccc(/C(N)=N/O)cc1Cl)c1ccccn1. The van der Waals surface area contributed by atoms with Crippen LogP contribution in [0.1, 0.15) is 29.8 Å². The van der Waals surface area contributed by atoms with Gasteiger partial charge in [-0.1, -0.05) is 35.0 Å². The number of hydrogen-bond acceptors (Lipinski definition) is 4. The summed E-state index contributed by atoms with van der Waals surface area (Å²) in [5, 5.41) is 15.5. The molecule has 0 amide bonds. The van der Waals surface area contributed by atoms with Crippen molar-refractivity contribution in [3.05, 3.63) is 64.4 Å². The molecule has 1 aromatic heterocycles. The number of nitrogens with zero attached hydrogens (tertiary/aromatic N) is 2. The van der Waals surface area contributed by atoms with Crippen molar-refractivity contribution in [1.82, 2.24) is 10.3 Å². The largest absolute Gasteiger partial charge is 0.409 e. The molecular formula is C15H17ClN4O. The first-order valence-corrected chi connectivity index (χ1v) is 6.90. The predicted molar refractivity (Wildman–Crippen MR) is 83.5 cm³/mol. The van der Waals surface area contributed by atoms with E-state index in [-0.39, 0.29) is 11.9 Å². The fourth-order valence-corrected chi connectivity index (χ4v) is 2.15. The quantitative estimate of drug-likeness (QED) is 0.343. The van der Waals surface area contributed by atoms with Crippen LogP contribution in [0.5, 0.6) is 0 Å². The van der Waals surface area contributed by atoms with Gasteiger partial charge in [-0.05, 0) is 30.7 Å². The van der Waals surface area contributed by atoms with Gasteiger partial charge in [0, 0.05) is 29.4 Å². The van der Waals surface area contributed by atoms with Crippen LogP contribution in [0.2, 0.25) is 5.02 Å². The van der Waals surface area contributed by atoms with Crippen molar-refractivity contribution in [3.8, 4) is 0 Å². The zero-order valence-corrected chi connectivity index (χ0v) is 12.4. The van der Waals surface area contributed by atoms with E-state index < -0.39 is 0 Å². The molecule has 1 atom stereocenters. The minimum atomic E-state index is 0.0401. The van der Waals surface area contributed by atoms with E-state index in [1.165, 1.54) is 0 Å². The molecule has 0 saturated carbocycles. The van der Waals surface area contributed by atoms with Gasteiger partial charge in [0.2, 0.25) is 0 Å². The average Bonchev–Trinajstić information content (AvgIpc) is 2.53. The number of nitrogens with two attached hydrogens (primary N) is 1. The molecule has 0 unspecified atom stereocenters. The van der Waals surface area contributed by atoms with Crippen LogP contribution in [0.4, 0.5) is 0 Å². The molecule has 0 radical (unpaired) electrons. The standard InChI is InChI=1S/C15H17ClN4O/c1-10(14-4-2-3-7-18-14)19-9-12-6-5-11(8-13(12)16)15(17)20-21/h2-8,10,19,21H,9H2,1H3,(H2,17,20)/t10-/m0/s1. The molecule has 0 aliphatic heterocycles. The third-order valence-electron chi connectivity index (χ3n) is 3.19. The van der Waals surface area contributed by atoms with E-state index in [1.807, 2.05) is 31.2 Å². The third-order valence-corrected chi connectivity index (χ3v) is 3.54. The van der Waals surface area contributed by atoms with Crippen molar-refractivity contribution >= 4 is 17.4 Å². The average molecular weight is 305 g/mol. The number of benzene rings is 1. The second-order valence-electron chi connectivity index (χ2n) is 4.65. The maximum absolute atomic E-state index is 8.65. The number of halogens is 1. The van der Waals surface area contributed by atoms with Crippen molar-refractivity contribution in [2.45, 2.75) is 19.5 Å². The summed E-state index contributed by atoms with van der Waals surface area (Å²) in [6.07, 6.45) is 1.77. The van der Waals surface area contributed by atoms with E-state index in [0.29, 0.717) is 17.1 Å². The molecule has 5 nitrogen and oxygen atoms in total. The van der Waals surface area contributed by atoms with Gasteiger partial charge in [-0.2, -0.15) is 0 Å². The first kappa shape index (κ1) is 15.3. The van der Waals surface area contributed by atoms with Gasteiger partial charge < -0.3 is 16.3 Å². The Bertz CT molecular complexity index is 631. The smallest absolute Gasteiger partial charge is 0.170 e. The third kappa shape index (κ3) is 3.93. The van der Waals surface area contributed by atoms with Gasteiger partial charge in [-0.15, -0.1) is 0 Å². The molecule has 2 rings (SSSR count). The number of pyridine rings is 1. The molecule has 21 heavy (non-hydrogen) atoms. The molecule has 0 aliphatic carbocycles. The highest BCUT2D eigenvalue weighted by Gasteiger charge is 2.08. The van der Waals surface area contributed by atoms with Gasteiger partial charge in [0.15, 0.2) is 5.84 Å². The first-order chi connectivity index (χ1) is 10.1.